The Bertz CT molecular complexity index is 883. The van der Waals surface area contributed by atoms with Crippen LogP contribution in [0.3, 0.4) is 0 Å². The lowest BCUT2D eigenvalue weighted by Crippen LogP contribution is -1.99. The molecule has 0 atom stereocenters. The molecule has 4 aromatic rings. The molecule has 2 aromatic heterocycles. The van der Waals surface area contributed by atoms with Crippen molar-refractivity contribution in [1.82, 2.24) is 29.5 Å². The van der Waals surface area contributed by atoms with Crippen molar-refractivity contribution in [3.63, 3.8) is 0 Å². The molecule has 118 valence electrons. The first kappa shape index (κ1) is 14.1. The number of hydrogen-bond acceptors (Lipinski definition) is 5. The van der Waals surface area contributed by atoms with Crippen molar-refractivity contribution in [3.05, 3.63) is 79.4 Å². The van der Waals surface area contributed by atoms with Crippen LogP contribution in [0.1, 0.15) is 5.56 Å². The summed E-state index contributed by atoms with van der Waals surface area (Å²) in [5, 5.41) is 8.19. The zero-order chi connectivity index (χ0) is 16.2. The van der Waals surface area contributed by atoms with Crippen LogP contribution in [-0.4, -0.2) is 29.5 Å². The lowest BCUT2D eigenvalue weighted by atomic mass is 10.2. The monoisotopic (exact) mass is 318 g/mol. The molecule has 0 radical (unpaired) electrons. The van der Waals surface area contributed by atoms with E-state index in [0.29, 0.717) is 6.54 Å². The second kappa shape index (κ2) is 6.33. The van der Waals surface area contributed by atoms with Crippen molar-refractivity contribution < 1.29 is 4.74 Å². The SMILES string of the molecule is c1ncn(Cc2ccc(Oc3ccc(-n4cncn4)cc3)cc2)n1. The first-order chi connectivity index (χ1) is 11.9. The highest BCUT2D eigenvalue weighted by molar-refractivity contribution is 5.39. The van der Waals surface area contributed by atoms with Crippen LogP contribution in [0.25, 0.3) is 5.69 Å². The van der Waals surface area contributed by atoms with Gasteiger partial charge in [-0.05, 0) is 42.0 Å². The highest BCUT2D eigenvalue weighted by Gasteiger charge is 2.01. The Morgan fingerprint density at radius 2 is 1.42 bits per heavy atom. The van der Waals surface area contributed by atoms with E-state index in [-0.39, 0.29) is 0 Å². The first-order valence-electron chi connectivity index (χ1n) is 7.41. The van der Waals surface area contributed by atoms with Gasteiger partial charge in [-0.25, -0.2) is 19.3 Å². The normalized spacial score (nSPS) is 10.7. The minimum atomic E-state index is 0.687. The van der Waals surface area contributed by atoms with E-state index in [2.05, 4.69) is 20.2 Å². The summed E-state index contributed by atoms with van der Waals surface area (Å²) in [6.07, 6.45) is 6.39. The van der Waals surface area contributed by atoms with Gasteiger partial charge in [0.1, 0.15) is 36.8 Å². The van der Waals surface area contributed by atoms with Gasteiger partial charge in [-0.3, -0.25) is 0 Å². The fourth-order valence-electron chi connectivity index (χ4n) is 2.31. The fraction of sp³-hybridized carbons (Fsp3) is 0.0588. The highest BCUT2D eigenvalue weighted by atomic mass is 16.5. The summed E-state index contributed by atoms with van der Waals surface area (Å²) in [5.74, 6) is 1.55. The van der Waals surface area contributed by atoms with Gasteiger partial charge >= 0.3 is 0 Å². The molecule has 0 bridgehead atoms. The summed E-state index contributed by atoms with van der Waals surface area (Å²) < 4.78 is 9.33. The molecular formula is C17H14N6O. The molecule has 0 amide bonds. The van der Waals surface area contributed by atoms with Crippen molar-refractivity contribution in [2.75, 3.05) is 0 Å². The quantitative estimate of drug-likeness (QED) is 0.566. The second-order valence-corrected chi connectivity index (χ2v) is 5.17. The molecule has 0 unspecified atom stereocenters. The first-order valence-corrected chi connectivity index (χ1v) is 7.41. The molecule has 7 nitrogen and oxygen atoms in total. The summed E-state index contributed by atoms with van der Waals surface area (Å²) >= 11 is 0. The van der Waals surface area contributed by atoms with Gasteiger partial charge in [0.2, 0.25) is 0 Å². The molecule has 0 saturated heterocycles. The molecule has 0 aliphatic heterocycles. The summed E-state index contributed by atoms with van der Waals surface area (Å²) in [6.45, 7) is 0.687. The second-order valence-electron chi connectivity index (χ2n) is 5.17. The van der Waals surface area contributed by atoms with Crippen LogP contribution in [0.15, 0.2) is 73.8 Å². The summed E-state index contributed by atoms with van der Waals surface area (Å²) in [4.78, 5) is 7.87. The van der Waals surface area contributed by atoms with Gasteiger partial charge in [0.05, 0.1) is 12.2 Å². The van der Waals surface area contributed by atoms with E-state index < -0.39 is 0 Å². The molecule has 0 N–H and O–H groups in total. The van der Waals surface area contributed by atoms with Gasteiger partial charge < -0.3 is 4.74 Å². The molecular weight excluding hydrogens is 304 g/mol. The van der Waals surface area contributed by atoms with Crippen molar-refractivity contribution in [2.24, 2.45) is 0 Å². The molecule has 0 saturated carbocycles. The van der Waals surface area contributed by atoms with E-state index in [1.807, 2.05) is 48.5 Å². The number of benzene rings is 2. The third-order valence-electron chi connectivity index (χ3n) is 3.49. The van der Waals surface area contributed by atoms with E-state index in [1.54, 1.807) is 22.0 Å². The number of nitrogens with zero attached hydrogens (tertiary/aromatic N) is 6. The maximum Gasteiger partial charge on any atom is 0.138 e. The van der Waals surface area contributed by atoms with Crippen molar-refractivity contribution in [2.45, 2.75) is 6.54 Å². The Balaban J connectivity index is 1.43. The van der Waals surface area contributed by atoms with Crippen LogP contribution in [0, 0.1) is 0 Å². The van der Waals surface area contributed by atoms with Crippen molar-refractivity contribution in [3.8, 4) is 17.2 Å². The Hall–Kier alpha value is -3.48. The Labute approximate surface area is 138 Å². The zero-order valence-electron chi connectivity index (χ0n) is 12.7. The molecule has 0 aliphatic rings. The van der Waals surface area contributed by atoms with E-state index >= 15 is 0 Å². The largest absolute Gasteiger partial charge is 0.457 e. The maximum absolute atomic E-state index is 5.86. The number of hydrogen-bond donors (Lipinski definition) is 0. The lowest BCUT2D eigenvalue weighted by Gasteiger charge is -2.08. The van der Waals surface area contributed by atoms with Crippen molar-refractivity contribution >= 4 is 0 Å². The van der Waals surface area contributed by atoms with E-state index in [0.717, 1.165) is 22.7 Å². The number of ether oxygens (including phenoxy) is 1. The minimum Gasteiger partial charge on any atom is -0.457 e. The van der Waals surface area contributed by atoms with Crippen LogP contribution < -0.4 is 4.74 Å². The summed E-state index contributed by atoms with van der Waals surface area (Å²) in [6, 6.07) is 15.6. The molecule has 2 heterocycles. The van der Waals surface area contributed by atoms with E-state index in [1.165, 1.54) is 12.7 Å². The topological polar surface area (TPSA) is 70.7 Å². The van der Waals surface area contributed by atoms with E-state index in [9.17, 15) is 0 Å². The van der Waals surface area contributed by atoms with Crippen LogP contribution in [0.2, 0.25) is 0 Å². The summed E-state index contributed by atoms with van der Waals surface area (Å²) in [7, 11) is 0. The van der Waals surface area contributed by atoms with Gasteiger partial charge in [-0.1, -0.05) is 12.1 Å². The van der Waals surface area contributed by atoms with Gasteiger partial charge in [-0.2, -0.15) is 10.2 Å². The Kier molecular flexibility index (Phi) is 3.73. The number of rotatable bonds is 5. The van der Waals surface area contributed by atoms with E-state index in [4.69, 9.17) is 4.74 Å². The van der Waals surface area contributed by atoms with Crippen LogP contribution in [0.5, 0.6) is 11.5 Å². The molecule has 0 fully saturated rings. The number of aromatic nitrogens is 6. The average molecular weight is 318 g/mol. The van der Waals surface area contributed by atoms with Gasteiger partial charge in [-0.15, -0.1) is 0 Å². The Morgan fingerprint density at radius 3 is 2.04 bits per heavy atom. The average Bonchev–Trinajstić information content (AvgIpc) is 3.31. The molecule has 0 aliphatic carbocycles. The smallest absolute Gasteiger partial charge is 0.138 e. The predicted molar refractivity (Wildman–Crippen MR) is 87.0 cm³/mol. The minimum absolute atomic E-state index is 0.687. The zero-order valence-corrected chi connectivity index (χ0v) is 12.7. The van der Waals surface area contributed by atoms with Gasteiger partial charge in [0.15, 0.2) is 0 Å². The maximum atomic E-state index is 5.86. The van der Waals surface area contributed by atoms with Crippen LogP contribution >= 0.6 is 0 Å². The van der Waals surface area contributed by atoms with Crippen LogP contribution in [0.4, 0.5) is 0 Å². The Morgan fingerprint density at radius 1 is 0.750 bits per heavy atom. The molecule has 2 aromatic carbocycles. The third kappa shape index (κ3) is 3.14. The van der Waals surface area contributed by atoms with Crippen LogP contribution in [-0.2, 0) is 6.54 Å². The molecule has 7 heteroatoms. The molecule has 4 rings (SSSR count). The predicted octanol–water partition coefficient (Wildman–Crippen LogP) is 2.70. The van der Waals surface area contributed by atoms with Gasteiger partial charge in [0.25, 0.3) is 0 Å². The van der Waals surface area contributed by atoms with Crippen molar-refractivity contribution in [1.29, 1.82) is 0 Å². The summed E-state index contributed by atoms with van der Waals surface area (Å²) in [5.41, 5.74) is 2.07. The fourth-order valence-corrected chi connectivity index (χ4v) is 2.31. The molecule has 0 spiro atoms. The van der Waals surface area contributed by atoms with Gasteiger partial charge in [0, 0.05) is 0 Å². The third-order valence-corrected chi connectivity index (χ3v) is 3.49. The standard InChI is InChI=1S/C17H14N6O/c1-5-16(6-2-14(1)9-22-12-18-10-20-22)24-17-7-3-15(4-8-17)23-13-19-11-21-23/h1-8,10-13H,9H2. The lowest BCUT2D eigenvalue weighted by molar-refractivity contribution is 0.482. The molecule has 24 heavy (non-hydrogen) atoms. The highest BCUT2D eigenvalue weighted by Crippen LogP contribution is 2.23.